The molecule has 2 aromatic carbocycles. The molecule has 0 aliphatic rings. The van der Waals surface area contributed by atoms with Crippen LogP contribution in [0.4, 0.5) is 11.8 Å². The fourth-order valence-corrected chi connectivity index (χ4v) is 2.14. The van der Waals surface area contributed by atoms with Crippen molar-refractivity contribution in [2.75, 3.05) is 11.5 Å². The van der Waals surface area contributed by atoms with Gasteiger partial charge in [-0.3, -0.25) is 0 Å². The molecule has 0 bridgehead atoms. The SMILES string of the molecule is Nc1nc(N)c2c(ccc3ccc(Cl)cc32)n1. The van der Waals surface area contributed by atoms with Crippen LogP contribution in [0.5, 0.6) is 0 Å². The number of fused-ring (bicyclic) bond motifs is 3. The van der Waals surface area contributed by atoms with Crippen molar-refractivity contribution in [3.63, 3.8) is 0 Å². The third-order valence-corrected chi connectivity index (χ3v) is 2.92. The van der Waals surface area contributed by atoms with E-state index in [1.807, 2.05) is 30.3 Å². The van der Waals surface area contributed by atoms with Gasteiger partial charge in [-0.15, -0.1) is 0 Å². The van der Waals surface area contributed by atoms with Crippen molar-refractivity contribution in [2.24, 2.45) is 0 Å². The first kappa shape index (κ1) is 10.1. The van der Waals surface area contributed by atoms with Gasteiger partial charge < -0.3 is 11.5 Å². The molecule has 1 heterocycles. The summed E-state index contributed by atoms with van der Waals surface area (Å²) in [6, 6.07) is 9.46. The molecule has 0 spiro atoms. The van der Waals surface area contributed by atoms with Crippen LogP contribution in [0.1, 0.15) is 0 Å². The zero-order valence-corrected chi connectivity index (χ0v) is 9.57. The van der Waals surface area contributed by atoms with Crippen LogP contribution in [0, 0.1) is 0 Å². The van der Waals surface area contributed by atoms with Crippen molar-refractivity contribution >= 4 is 45.0 Å². The van der Waals surface area contributed by atoms with E-state index in [2.05, 4.69) is 9.97 Å². The number of hydrogen-bond acceptors (Lipinski definition) is 4. The molecule has 3 rings (SSSR count). The molecular weight excluding hydrogens is 236 g/mol. The largest absolute Gasteiger partial charge is 0.383 e. The topological polar surface area (TPSA) is 77.8 Å². The Hall–Kier alpha value is -2.07. The molecule has 0 fully saturated rings. The summed E-state index contributed by atoms with van der Waals surface area (Å²) < 4.78 is 0. The Morgan fingerprint density at radius 1 is 1.00 bits per heavy atom. The summed E-state index contributed by atoms with van der Waals surface area (Å²) in [7, 11) is 0. The summed E-state index contributed by atoms with van der Waals surface area (Å²) in [4.78, 5) is 8.14. The predicted octanol–water partition coefficient (Wildman–Crippen LogP) is 2.60. The molecule has 0 atom stereocenters. The first-order valence-corrected chi connectivity index (χ1v) is 5.44. The lowest BCUT2D eigenvalue weighted by Crippen LogP contribution is -2.00. The van der Waals surface area contributed by atoms with Crippen molar-refractivity contribution < 1.29 is 0 Å². The van der Waals surface area contributed by atoms with Crippen LogP contribution in [0.2, 0.25) is 5.02 Å². The minimum absolute atomic E-state index is 0.177. The highest BCUT2D eigenvalue weighted by Gasteiger charge is 2.07. The second-order valence-electron chi connectivity index (χ2n) is 3.79. The molecule has 17 heavy (non-hydrogen) atoms. The van der Waals surface area contributed by atoms with Crippen LogP contribution in [-0.2, 0) is 0 Å². The average molecular weight is 245 g/mol. The standard InChI is InChI=1S/C12H9ClN4/c13-7-3-1-6-2-4-9-10(8(6)5-7)11(14)17-12(15)16-9/h1-5H,(H4,14,15,16,17). The highest BCUT2D eigenvalue weighted by Crippen LogP contribution is 2.30. The highest BCUT2D eigenvalue weighted by molar-refractivity contribution is 6.32. The number of anilines is 2. The van der Waals surface area contributed by atoms with Gasteiger partial charge in [-0.25, -0.2) is 4.98 Å². The summed E-state index contributed by atoms with van der Waals surface area (Å²) in [6.07, 6.45) is 0. The predicted molar refractivity (Wildman–Crippen MR) is 70.9 cm³/mol. The van der Waals surface area contributed by atoms with E-state index in [-0.39, 0.29) is 5.95 Å². The molecule has 0 unspecified atom stereocenters. The van der Waals surface area contributed by atoms with Gasteiger partial charge in [-0.2, -0.15) is 4.98 Å². The molecule has 3 aromatic rings. The van der Waals surface area contributed by atoms with Crippen LogP contribution in [0.25, 0.3) is 21.7 Å². The quantitative estimate of drug-likeness (QED) is 0.596. The summed E-state index contributed by atoms with van der Waals surface area (Å²) in [6.45, 7) is 0. The zero-order valence-electron chi connectivity index (χ0n) is 8.81. The highest BCUT2D eigenvalue weighted by atomic mass is 35.5. The number of nitrogens with two attached hydrogens (primary N) is 2. The fourth-order valence-electron chi connectivity index (χ4n) is 1.97. The Morgan fingerprint density at radius 3 is 2.59 bits per heavy atom. The number of nitrogens with zero attached hydrogens (tertiary/aromatic N) is 2. The van der Waals surface area contributed by atoms with E-state index in [0.29, 0.717) is 10.8 Å². The van der Waals surface area contributed by atoms with Crippen molar-refractivity contribution in [1.29, 1.82) is 0 Å². The number of aromatic nitrogens is 2. The Bertz CT molecular complexity index is 739. The first-order valence-electron chi connectivity index (χ1n) is 5.06. The summed E-state index contributed by atoms with van der Waals surface area (Å²) in [5, 5.41) is 3.43. The van der Waals surface area contributed by atoms with Crippen LogP contribution in [-0.4, -0.2) is 9.97 Å². The van der Waals surface area contributed by atoms with Gasteiger partial charge in [0.05, 0.1) is 10.9 Å². The fraction of sp³-hybridized carbons (Fsp3) is 0. The Morgan fingerprint density at radius 2 is 1.76 bits per heavy atom. The number of rotatable bonds is 0. The monoisotopic (exact) mass is 244 g/mol. The molecule has 0 radical (unpaired) electrons. The molecule has 1 aromatic heterocycles. The van der Waals surface area contributed by atoms with Crippen LogP contribution in [0.15, 0.2) is 30.3 Å². The third kappa shape index (κ3) is 1.54. The van der Waals surface area contributed by atoms with Gasteiger partial charge in [0.1, 0.15) is 5.82 Å². The van der Waals surface area contributed by atoms with Crippen LogP contribution < -0.4 is 11.5 Å². The third-order valence-electron chi connectivity index (χ3n) is 2.69. The van der Waals surface area contributed by atoms with E-state index >= 15 is 0 Å². The van der Waals surface area contributed by atoms with Gasteiger partial charge in [0, 0.05) is 5.02 Å². The number of halogens is 1. The number of hydrogen-bond donors (Lipinski definition) is 2. The minimum Gasteiger partial charge on any atom is -0.383 e. The van der Waals surface area contributed by atoms with Gasteiger partial charge in [0.25, 0.3) is 0 Å². The lowest BCUT2D eigenvalue weighted by atomic mass is 10.1. The van der Waals surface area contributed by atoms with E-state index in [1.54, 1.807) is 0 Å². The summed E-state index contributed by atoms with van der Waals surface area (Å²) in [5.41, 5.74) is 12.2. The average Bonchev–Trinajstić information content (AvgIpc) is 2.27. The molecule has 84 valence electrons. The summed E-state index contributed by atoms with van der Waals surface area (Å²) >= 11 is 6.00. The van der Waals surface area contributed by atoms with Gasteiger partial charge in [-0.05, 0) is 29.0 Å². The van der Waals surface area contributed by atoms with E-state index in [0.717, 1.165) is 21.7 Å². The Balaban J connectivity index is 2.58. The summed E-state index contributed by atoms with van der Waals surface area (Å²) in [5.74, 6) is 0.553. The minimum atomic E-state index is 0.177. The van der Waals surface area contributed by atoms with Crippen molar-refractivity contribution in [1.82, 2.24) is 9.97 Å². The second kappa shape index (κ2) is 3.46. The smallest absolute Gasteiger partial charge is 0.222 e. The van der Waals surface area contributed by atoms with Gasteiger partial charge in [0.15, 0.2) is 0 Å². The van der Waals surface area contributed by atoms with Crippen molar-refractivity contribution in [3.8, 4) is 0 Å². The Labute approximate surface area is 102 Å². The molecule has 0 aliphatic heterocycles. The van der Waals surface area contributed by atoms with Gasteiger partial charge in [-0.1, -0.05) is 23.7 Å². The lowest BCUT2D eigenvalue weighted by molar-refractivity contribution is 1.25. The normalized spacial score (nSPS) is 11.1. The maximum Gasteiger partial charge on any atom is 0.222 e. The van der Waals surface area contributed by atoms with E-state index < -0.39 is 0 Å². The molecule has 4 N–H and O–H groups in total. The first-order chi connectivity index (χ1) is 8.15. The van der Waals surface area contributed by atoms with Crippen molar-refractivity contribution in [3.05, 3.63) is 35.4 Å². The van der Waals surface area contributed by atoms with Gasteiger partial charge in [0.2, 0.25) is 5.95 Å². The second-order valence-corrected chi connectivity index (χ2v) is 4.23. The van der Waals surface area contributed by atoms with E-state index in [4.69, 9.17) is 23.1 Å². The maximum absolute atomic E-state index is 6.00. The molecule has 0 amide bonds. The van der Waals surface area contributed by atoms with Crippen LogP contribution >= 0.6 is 11.6 Å². The molecule has 5 heteroatoms. The van der Waals surface area contributed by atoms with E-state index in [1.165, 1.54) is 0 Å². The molecule has 0 saturated heterocycles. The number of nitrogen functional groups attached to an aromatic ring is 2. The number of benzene rings is 2. The molecule has 0 saturated carbocycles. The van der Waals surface area contributed by atoms with Crippen LogP contribution in [0.3, 0.4) is 0 Å². The molecule has 0 aliphatic carbocycles. The molecular formula is C12H9ClN4. The van der Waals surface area contributed by atoms with Crippen molar-refractivity contribution in [2.45, 2.75) is 0 Å². The van der Waals surface area contributed by atoms with Gasteiger partial charge >= 0.3 is 0 Å². The lowest BCUT2D eigenvalue weighted by Gasteiger charge is -2.06. The maximum atomic E-state index is 6.00. The molecule has 4 nitrogen and oxygen atoms in total. The zero-order chi connectivity index (χ0) is 12.0. The van der Waals surface area contributed by atoms with E-state index in [9.17, 15) is 0 Å². The Kier molecular flexibility index (Phi) is 2.06.